The zero-order chi connectivity index (χ0) is 15.5. The molecular formula is C15H18N4OS2. The Morgan fingerprint density at radius 2 is 2.23 bits per heavy atom. The number of rotatable bonds is 6. The van der Waals surface area contributed by atoms with Gasteiger partial charge in [0, 0.05) is 23.5 Å². The van der Waals surface area contributed by atoms with Crippen LogP contribution in [0.3, 0.4) is 0 Å². The molecule has 1 aromatic heterocycles. The summed E-state index contributed by atoms with van der Waals surface area (Å²) in [6.45, 7) is 0. The molecule has 22 heavy (non-hydrogen) atoms. The standard InChI is InChI=1S/C15H18N4OS2/c1-19-14(10-6-7-10)17-18-15(19)22-9-13(20)16-11-4-3-5-12(8-11)21-2/h3-5,8,10H,6-7,9H2,1-2H3,(H,16,20). The Hall–Kier alpha value is -1.47. The van der Waals surface area contributed by atoms with E-state index in [1.165, 1.54) is 24.6 Å². The molecule has 1 saturated carbocycles. The lowest BCUT2D eigenvalue weighted by Gasteiger charge is -2.06. The van der Waals surface area contributed by atoms with Crippen LogP contribution in [0.25, 0.3) is 0 Å². The molecule has 1 N–H and O–H groups in total. The van der Waals surface area contributed by atoms with E-state index < -0.39 is 0 Å². The van der Waals surface area contributed by atoms with Gasteiger partial charge in [-0.05, 0) is 37.3 Å². The van der Waals surface area contributed by atoms with Crippen LogP contribution in [0.2, 0.25) is 0 Å². The molecule has 116 valence electrons. The van der Waals surface area contributed by atoms with Crippen molar-refractivity contribution in [3.63, 3.8) is 0 Å². The molecule has 7 heteroatoms. The van der Waals surface area contributed by atoms with Crippen LogP contribution in [0.15, 0.2) is 34.3 Å². The molecule has 1 aromatic carbocycles. The molecular weight excluding hydrogens is 316 g/mol. The first-order chi connectivity index (χ1) is 10.7. The summed E-state index contributed by atoms with van der Waals surface area (Å²) in [5.74, 6) is 1.91. The maximum absolute atomic E-state index is 12.1. The summed E-state index contributed by atoms with van der Waals surface area (Å²) in [6, 6.07) is 7.84. The second kappa shape index (κ2) is 6.75. The molecule has 0 atom stereocenters. The Bertz CT molecular complexity index is 682. The number of aromatic nitrogens is 3. The Morgan fingerprint density at radius 3 is 2.95 bits per heavy atom. The summed E-state index contributed by atoms with van der Waals surface area (Å²) < 4.78 is 2.00. The predicted octanol–water partition coefficient (Wildman–Crippen LogP) is 3.15. The fourth-order valence-corrected chi connectivity index (χ4v) is 3.35. The van der Waals surface area contributed by atoms with Crippen molar-refractivity contribution in [2.24, 2.45) is 7.05 Å². The first-order valence-corrected chi connectivity index (χ1v) is 9.34. The molecule has 0 aliphatic heterocycles. The SMILES string of the molecule is CSc1cccc(NC(=O)CSc2nnc(C3CC3)n2C)c1. The number of nitrogens with one attached hydrogen (secondary N) is 1. The molecule has 1 heterocycles. The zero-order valence-corrected chi connectivity index (χ0v) is 14.2. The number of carbonyl (C=O) groups excluding carboxylic acids is 1. The normalized spacial score (nSPS) is 14.1. The smallest absolute Gasteiger partial charge is 0.234 e. The number of hydrogen-bond donors (Lipinski definition) is 1. The minimum absolute atomic E-state index is 0.0285. The van der Waals surface area contributed by atoms with Gasteiger partial charge >= 0.3 is 0 Å². The van der Waals surface area contributed by atoms with E-state index in [0.29, 0.717) is 11.7 Å². The van der Waals surface area contributed by atoms with Crippen molar-refractivity contribution in [1.29, 1.82) is 0 Å². The van der Waals surface area contributed by atoms with Crippen LogP contribution < -0.4 is 5.32 Å². The maximum Gasteiger partial charge on any atom is 0.234 e. The number of amides is 1. The van der Waals surface area contributed by atoms with Gasteiger partial charge in [0.2, 0.25) is 5.91 Å². The number of anilines is 1. The Labute approximate surface area is 138 Å². The van der Waals surface area contributed by atoms with Crippen LogP contribution in [-0.2, 0) is 11.8 Å². The molecule has 0 unspecified atom stereocenters. The van der Waals surface area contributed by atoms with Gasteiger partial charge < -0.3 is 9.88 Å². The number of hydrogen-bond acceptors (Lipinski definition) is 5. The average Bonchev–Trinajstić information content (AvgIpc) is 3.29. The van der Waals surface area contributed by atoms with Gasteiger partial charge in [0.1, 0.15) is 5.82 Å². The van der Waals surface area contributed by atoms with Gasteiger partial charge in [-0.25, -0.2) is 0 Å². The van der Waals surface area contributed by atoms with Gasteiger partial charge in [-0.1, -0.05) is 17.8 Å². The number of nitrogens with zero attached hydrogens (tertiary/aromatic N) is 3. The molecule has 2 aromatic rings. The van der Waals surface area contributed by atoms with Crippen LogP contribution in [0.4, 0.5) is 5.69 Å². The summed E-state index contributed by atoms with van der Waals surface area (Å²) in [5, 5.41) is 12.1. The van der Waals surface area contributed by atoms with E-state index >= 15 is 0 Å². The monoisotopic (exact) mass is 334 g/mol. The average molecular weight is 334 g/mol. The van der Waals surface area contributed by atoms with Crippen molar-refractivity contribution >= 4 is 35.1 Å². The third-order valence-electron chi connectivity index (χ3n) is 3.50. The van der Waals surface area contributed by atoms with Crippen molar-refractivity contribution < 1.29 is 4.79 Å². The fourth-order valence-electron chi connectivity index (χ4n) is 2.18. The molecule has 0 bridgehead atoms. The van der Waals surface area contributed by atoms with Crippen LogP contribution in [0.5, 0.6) is 0 Å². The lowest BCUT2D eigenvalue weighted by molar-refractivity contribution is -0.113. The second-order valence-electron chi connectivity index (χ2n) is 5.24. The molecule has 5 nitrogen and oxygen atoms in total. The van der Waals surface area contributed by atoms with Gasteiger partial charge in [0.05, 0.1) is 5.75 Å². The van der Waals surface area contributed by atoms with E-state index in [2.05, 4.69) is 15.5 Å². The largest absolute Gasteiger partial charge is 0.325 e. The first-order valence-electron chi connectivity index (χ1n) is 7.13. The Kier molecular flexibility index (Phi) is 4.73. The molecule has 0 saturated heterocycles. The summed E-state index contributed by atoms with van der Waals surface area (Å²) in [4.78, 5) is 13.2. The van der Waals surface area contributed by atoms with Crippen molar-refractivity contribution in [2.45, 2.75) is 28.8 Å². The molecule has 0 spiro atoms. The highest BCUT2D eigenvalue weighted by molar-refractivity contribution is 7.99. The lowest BCUT2D eigenvalue weighted by atomic mass is 10.3. The van der Waals surface area contributed by atoms with E-state index in [1.807, 2.05) is 42.1 Å². The van der Waals surface area contributed by atoms with Crippen molar-refractivity contribution in [3.05, 3.63) is 30.1 Å². The van der Waals surface area contributed by atoms with Crippen molar-refractivity contribution in [3.8, 4) is 0 Å². The van der Waals surface area contributed by atoms with Gasteiger partial charge in [-0.15, -0.1) is 22.0 Å². The summed E-state index contributed by atoms with van der Waals surface area (Å²) in [5.41, 5.74) is 0.828. The first kappa shape index (κ1) is 15.4. The number of thioether (sulfide) groups is 2. The third-order valence-corrected chi connectivity index (χ3v) is 5.24. The molecule has 1 aliphatic carbocycles. The highest BCUT2D eigenvalue weighted by Crippen LogP contribution is 2.39. The van der Waals surface area contributed by atoms with Crippen LogP contribution in [0.1, 0.15) is 24.6 Å². The van der Waals surface area contributed by atoms with E-state index in [9.17, 15) is 4.79 Å². The topological polar surface area (TPSA) is 59.8 Å². The summed E-state index contributed by atoms with van der Waals surface area (Å²) in [6.07, 6.45) is 4.41. The Morgan fingerprint density at radius 1 is 1.41 bits per heavy atom. The molecule has 0 radical (unpaired) electrons. The van der Waals surface area contributed by atoms with E-state index in [-0.39, 0.29) is 5.91 Å². The zero-order valence-electron chi connectivity index (χ0n) is 12.6. The van der Waals surface area contributed by atoms with E-state index in [1.54, 1.807) is 11.8 Å². The second-order valence-corrected chi connectivity index (χ2v) is 7.07. The number of benzene rings is 1. The summed E-state index contributed by atoms with van der Waals surface area (Å²) >= 11 is 3.08. The number of carbonyl (C=O) groups is 1. The molecule has 1 amide bonds. The quantitative estimate of drug-likeness (QED) is 0.822. The molecule has 1 fully saturated rings. The van der Waals surface area contributed by atoms with Crippen LogP contribution >= 0.6 is 23.5 Å². The van der Waals surface area contributed by atoms with Crippen molar-refractivity contribution in [1.82, 2.24) is 14.8 Å². The third kappa shape index (κ3) is 3.64. The Balaban J connectivity index is 1.55. The lowest BCUT2D eigenvalue weighted by Crippen LogP contribution is -2.14. The maximum atomic E-state index is 12.1. The van der Waals surface area contributed by atoms with E-state index in [4.69, 9.17) is 0 Å². The van der Waals surface area contributed by atoms with Gasteiger partial charge in [-0.2, -0.15) is 0 Å². The molecule has 3 rings (SSSR count). The van der Waals surface area contributed by atoms with Gasteiger partial charge in [0.15, 0.2) is 5.16 Å². The fraction of sp³-hybridized carbons (Fsp3) is 0.400. The highest BCUT2D eigenvalue weighted by atomic mass is 32.2. The van der Waals surface area contributed by atoms with Crippen LogP contribution in [0, 0.1) is 0 Å². The molecule has 1 aliphatic rings. The van der Waals surface area contributed by atoms with Gasteiger partial charge in [0.25, 0.3) is 0 Å². The highest BCUT2D eigenvalue weighted by Gasteiger charge is 2.29. The van der Waals surface area contributed by atoms with Gasteiger partial charge in [-0.3, -0.25) is 4.79 Å². The van der Waals surface area contributed by atoms with Crippen molar-refractivity contribution in [2.75, 3.05) is 17.3 Å². The predicted molar refractivity (Wildman–Crippen MR) is 90.6 cm³/mol. The van der Waals surface area contributed by atoms with E-state index in [0.717, 1.165) is 21.6 Å². The minimum Gasteiger partial charge on any atom is -0.325 e. The van der Waals surface area contributed by atoms with Crippen LogP contribution in [-0.4, -0.2) is 32.7 Å². The summed E-state index contributed by atoms with van der Waals surface area (Å²) in [7, 11) is 1.97. The minimum atomic E-state index is -0.0285.